The maximum absolute atomic E-state index is 12.1. The monoisotopic (exact) mass is 328 g/mol. The predicted octanol–water partition coefficient (Wildman–Crippen LogP) is 1.65. The second-order valence-electron chi connectivity index (χ2n) is 5.61. The SMILES string of the molecule is COc1cccc(C(O)CNC(=O)[C@H]2CCN[C@@H](C)C2)c1.Cl. The van der Waals surface area contributed by atoms with Crippen LogP contribution in [0.1, 0.15) is 31.4 Å². The Bertz CT molecular complexity index is 484. The summed E-state index contributed by atoms with van der Waals surface area (Å²) in [5.41, 5.74) is 0.744. The number of nitrogens with one attached hydrogen (secondary N) is 2. The molecule has 0 aromatic heterocycles. The Kier molecular flexibility index (Phi) is 7.65. The molecule has 3 N–H and O–H groups in total. The Morgan fingerprint density at radius 2 is 2.32 bits per heavy atom. The summed E-state index contributed by atoms with van der Waals surface area (Å²) in [6.07, 6.45) is 0.982. The number of carbonyl (C=O) groups excluding carboxylic acids is 1. The number of hydrogen-bond acceptors (Lipinski definition) is 4. The molecule has 2 rings (SSSR count). The molecule has 1 aliphatic heterocycles. The second kappa shape index (κ2) is 8.98. The lowest BCUT2D eigenvalue weighted by molar-refractivity contribution is -0.126. The minimum atomic E-state index is -0.719. The van der Waals surface area contributed by atoms with E-state index in [1.807, 2.05) is 18.2 Å². The third kappa shape index (κ3) is 5.16. The number of aliphatic hydroxyl groups is 1. The van der Waals surface area contributed by atoms with Crippen molar-refractivity contribution in [1.82, 2.24) is 10.6 Å². The first-order valence-electron chi connectivity index (χ1n) is 7.43. The fourth-order valence-corrected chi connectivity index (χ4v) is 2.68. The van der Waals surface area contributed by atoms with E-state index in [0.717, 1.165) is 24.9 Å². The quantitative estimate of drug-likeness (QED) is 0.768. The van der Waals surface area contributed by atoms with E-state index in [-0.39, 0.29) is 30.8 Å². The van der Waals surface area contributed by atoms with Crippen molar-refractivity contribution in [3.63, 3.8) is 0 Å². The third-order valence-electron chi connectivity index (χ3n) is 3.94. The minimum Gasteiger partial charge on any atom is -0.497 e. The highest BCUT2D eigenvalue weighted by Crippen LogP contribution is 2.19. The molecular weight excluding hydrogens is 304 g/mol. The molecule has 0 aliphatic carbocycles. The average molecular weight is 329 g/mol. The Hall–Kier alpha value is -1.30. The van der Waals surface area contributed by atoms with Gasteiger partial charge in [0.25, 0.3) is 0 Å². The van der Waals surface area contributed by atoms with Crippen LogP contribution in [0.2, 0.25) is 0 Å². The smallest absolute Gasteiger partial charge is 0.223 e. The largest absolute Gasteiger partial charge is 0.497 e. The number of amides is 1. The molecule has 1 unspecified atom stereocenters. The van der Waals surface area contributed by atoms with Crippen LogP contribution < -0.4 is 15.4 Å². The van der Waals surface area contributed by atoms with E-state index in [1.54, 1.807) is 13.2 Å². The molecule has 0 bridgehead atoms. The first kappa shape index (κ1) is 18.7. The number of rotatable bonds is 5. The first-order chi connectivity index (χ1) is 10.1. The summed E-state index contributed by atoms with van der Waals surface area (Å²) in [6, 6.07) is 7.63. The summed E-state index contributed by atoms with van der Waals surface area (Å²) < 4.78 is 5.13. The topological polar surface area (TPSA) is 70.6 Å². The van der Waals surface area contributed by atoms with Crippen LogP contribution in [0.25, 0.3) is 0 Å². The van der Waals surface area contributed by atoms with E-state index in [9.17, 15) is 9.90 Å². The summed E-state index contributed by atoms with van der Waals surface area (Å²) in [5.74, 6) is 0.772. The molecule has 1 saturated heterocycles. The number of carbonyl (C=O) groups is 1. The number of piperidine rings is 1. The van der Waals surface area contributed by atoms with Crippen molar-refractivity contribution in [1.29, 1.82) is 0 Å². The van der Waals surface area contributed by atoms with Crippen molar-refractivity contribution in [2.45, 2.75) is 31.9 Å². The van der Waals surface area contributed by atoms with Gasteiger partial charge in [-0.25, -0.2) is 0 Å². The van der Waals surface area contributed by atoms with Gasteiger partial charge in [0, 0.05) is 18.5 Å². The maximum Gasteiger partial charge on any atom is 0.223 e. The molecule has 0 radical (unpaired) electrons. The van der Waals surface area contributed by atoms with Gasteiger partial charge in [-0.2, -0.15) is 0 Å². The van der Waals surface area contributed by atoms with Crippen LogP contribution in [0.4, 0.5) is 0 Å². The van der Waals surface area contributed by atoms with E-state index in [4.69, 9.17) is 4.74 Å². The van der Waals surface area contributed by atoms with E-state index >= 15 is 0 Å². The number of benzene rings is 1. The van der Waals surface area contributed by atoms with Gasteiger partial charge < -0.3 is 20.5 Å². The highest BCUT2D eigenvalue weighted by atomic mass is 35.5. The number of aliphatic hydroxyl groups excluding tert-OH is 1. The highest BCUT2D eigenvalue weighted by Gasteiger charge is 2.24. The Balaban J connectivity index is 0.00000242. The van der Waals surface area contributed by atoms with Crippen LogP contribution in [0, 0.1) is 5.92 Å². The predicted molar refractivity (Wildman–Crippen MR) is 88.4 cm³/mol. The van der Waals surface area contributed by atoms with Gasteiger partial charge >= 0.3 is 0 Å². The number of halogens is 1. The maximum atomic E-state index is 12.1. The number of ether oxygens (including phenoxy) is 1. The standard InChI is InChI=1S/C16H24N2O3.ClH/c1-11-8-13(6-7-17-11)16(20)18-10-15(19)12-4-3-5-14(9-12)21-2;/h3-5,9,11,13,15,17,19H,6-8,10H2,1-2H3,(H,18,20);1H/t11-,13-,15?;/m0./s1. The summed E-state index contributed by atoms with van der Waals surface area (Å²) in [5, 5.41) is 16.3. The number of methoxy groups -OCH3 is 1. The third-order valence-corrected chi connectivity index (χ3v) is 3.94. The molecule has 1 amide bonds. The van der Waals surface area contributed by atoms with Crippen molar-refractivity contribution in [2.24, 2.45) is 5.92 Å². The Morgan fingerprint density at radius 3 is 3.00 bits per heavy atom. The molecule has 1 heterocycles. The van der Waals surface area contributed by atoms with Gasteiger partial charge in [0.05, 0.1) is 13.2 Å². The molecule has 5 nitrogen and oxygen atoms in total. The van der Waals surface area contributed by atoms with E-state index in [1.165, 1.54) is 0 Å². The van der Waals surface area contributed by atoms with Crippen molar-refractivity contribution in [3.05, 3.63) is 29.8 Å². The molecule has 1 aromatic rings. The first-order valence-corrected chi connectivity index (χ1v) is 7.43. The van der Waals surface area contributed by atoms with Gasteiger partial charge in [-0.1, -0.05) is 12.1 Å². The van der Waals surface area contributed by atoms with Gasteiger partial charge in [0.1, 0.15) is 5.75 Å². The van der Waals surface area contributed by atoms with Crippen LogP contribution in [0.5, 0.6) is 5.75 Å². The second-order valence-corrected chi connectivity index (χ2v) is 5.61. The molecule has 3 atom stereocenters. The molecule has 0 spiro atoms. The highest BCUT2D eigenvalue weighted by molar-refractivity contribution is 5.85. The molecular formula is C16H25ClN2O3. The normalized spacial score (nSPS) is 22.3. The van der Waals surface area contributed by atoms with Gasteiger partial charge in [0.2, 0.25) is 5.91 Å². The fraction of sp³-hybridized carbons (Fsp3) is 0.562. The van der Waals surface area contributed by atoms with Crippen molar-refractivity contribution < 1.29 is 14.6 Å². The zero-order chi connectivity index (χ0) is 15.2. The van der Waals surface area contributed by atoms with Gasteiger partial charge in [-0.3, -0.25) is 4.79 Å². The van der Waals surface area contributed by atoms with Crippen LogP contribution >= 0.6 is 12.4 Å². The minimum absolute atomic E-state index is 0. The Morgan fingerprint density at radius 1 is 1.55 bits per heavy atom. The zero-order valence-electron chi connectivity index (χ0n) is 13.0. The fourth-order valence-electron chi connectivity index (χ4n) is 2.68. The van der Waals surface area contributed by atoms with E-state index in [2.05, 4.69) is 17.6 Å². The Labute approximate surface area is 137 Å². The van der Waals surface area contributed by atoms with E-state index in [0.29, 0.717) is 11.8 Å². The van der Waals surface area contributed by atoms with Crippen LogP contribution in [0.3, 0.4) is 0 Å². The van der Waals surface area contributed by atoms with Crippen molar-refractivity contribution >= 4 is 18.3 Å². The average Bonchev–Trinajstić information content (AvgIpc) is 2.52. The molecule has 22 heavy (non-hydrogen) atoms. The zero-order valence-corrected chi connectivity index (χ0v) is 13.9. The van der Waals surface area contributed by atoms with Crippen molar-refractivity contribution in [2.75, 3.05) is 20.2 Å². The summed E-state index contributed by atoms with van der Waals surface area (Å²) in [7, 11) is 1.59. The summed E-state index contributed by atoms with van der Waals surface area (Å²) in [6.45, 7) is 3.19. The summed E-state index contributed by atoms with van der Waals surface area (Å²) in [4.78, 5) is 12.1. The lowest BCUT2D eigenvalue weighted by atomic mass is 9.92. The van der Waals surface area contributed by atoms with Gasteiger partial charge in [0.15, 0.2) is 0 Å². The lowest BCUT2D eigenvalue weighted by Gasteiger charge is -2.27. The molecule has 0 saturated carbocycles. The number of hydrogen-bond donors (Lipinski definition) is 3. The van der Waals surface area contributed by atoms with Gasteiger partial charge in [-0.15, -0.1) is 12.4 Å². The van der Waals surface area contributed by atoms with Crippen LogP contribution in [0.15, 0.2) is 24.3 Å². The lowest BCUT2D eigenvalue weighted by Crippen LogP contribution is -2.43. The molecule has 1 aliphatic rings. The summed E-state index contributed by atoms with van der Waals surface area (Å²) >= 11 is 0. The van der Waals surface area contributed by atoms with Gasteiger partial charge in [-0.05, 0) is 44.0 Å². The molecule has 1 fully saturated rings. The van der Waals surface area contributed by atoms with E-state index < -0.39 is 6.10 Å². The van der Waals surface area contributed by atoms with Crippen LogP contribution in [-0.2, 0) is 4.79 Å². The van der Waals surface area contributed by atoms with Crippen LogP contribution in [-0.4, -0.2) is 37.3 Å². The molecule has 1 aromatic carbocycles. The molecule has 124 valence electrons. The van der Waals surface area contributed by atoms with Crippen molar-refractivity contribution in [3.8, 4) is 5.75 Å². The molecule has 6 heteroatoms.